The number of aromatic nitrogens is 1. The maximum Gasteiger partial charge on any atom is 0.270 e. The van der Waals surface area contributed by atoms with E-state index in [0.29, 0.717) is 17.2 Å². The molecule has 1 aromatic heterocycles. The number of para-hydroxylation sites is 1. The third-order valence-electron chi connectivity index (χ3n) is 5.51. The minimum absolute atomic E-state index is 0.0135. The molecule has 1 aliphatic heterocycles. The molecular weight excluding hydrogens is 438 g/mol. The van der Waals surface area contributed by atoms with Crippen molar-refractivity contribution in [2.24, 2.45) is 0 Å². The van der Waals surface area contributed by atoms with E-state index in [1.807, 2.05) is 50.2 Å². The second-order valence-corrected chi connectivity index (χ2v) is 7.88. The molecule has 1 aliphatic rings. The van der Waals surface area contributed by atoms with Crippen molar-refractivity contribution in [2.45, 2.75) is 13.8 Å². The Morgan fingerprint density at radius 1 is 0.970 bits per heavy atom. The van der Waals surface area contributed by atoms with Gasteiger partial charge < -0.3 is 14.0 Å². The van der Waals surface area contributed by atoms with Crippen LogP contribution in [0.1, 0.15) is 17.0 Å². The largest absolute Gasteiger partial charge is 0.497 e. The Morgan fingerprint density at radius 2 is 1.70 bits per heavy atom. The highest BCUT2D eigenvalue weighted by Crippen LogP contribution is 2.34. The van der Waals surface area contributed by atoms with Gasteiger partial charge in [0, 0.05) is 23.1 Å². The van der Waals surface area contributed by atoms with Crippen LogP contribution in [0.25, 0.3) is 11.8 Å². The average molecular weight is 462 g/mol. The number of hydrogen-bond donors (Lipinski definition) is 1. The number of carbonyl (C=O) groups excluding carboxylic acids is 2. The van der Waals surface area contributed by atoms with Gasteiger partial charge in [0.25, 0.3) is 11.8 Å². The predicted octanol–water partition coefficient (Wildman–Crippen LogP) is 3.94. The Balaban J connectivity index is 1.77. The molecule has 2 heterocycles. The molecule has 0 bridgehead atoms. The van der Waals surface area contributed by atoms with E-state index in [0.717, 1.165) is 22.6 Å². The summed E-state index contributed by atoms with van der Waals surface area (Å²) in [6, 6.07) is 16.9. The van der Waals surface area contributed by atoms with Crippen LogP contribution in [0.4, 0.5) is 5.69 Å². The summed E-state index contributed by atoms with van der Waals surface area (Å²) in [5, 5.41) is 2.60. The molecule has 3 aromatic rings. The van der Waals surface area contributed by atoms with Crippen LogP contribution < -0.4 is 19.7 Å². The molecule has 0 saturated carbocycles. The Kier molecular flexibility index (Phi) is 6.02. The number of ether oxygens (including phenoxy) is 2. The number of nitrogens with zero attached hydrogens (tertiary/aromatic N) is 2. The minimum Gasteiger partial charge on any atom is -0.497 e. The highest BCUT2D eigenvalue weighted by atomic mass is 32.1. The first-order chi connectivity index (χ1) is 15.8. The highest BCUT2D eigenvalue weighted by molar-refractivity contribution is 7.80. The van der Waals surface area contributed by atoms with Gasteiger partial charge in [0.1, 0.15) is 17.1 Å². The van der Waals surface area contributed by atoms with Gasteiger partial charge in [-0.2, -0.15) is 0 Å². The number of benzene rings is 2. The molecule has 0 radical (unpaired) electrons. The summed E-state index contributed by atoms with van der Waals surface area (Å²) in [7, 11) is 3.03. The standard InChI is InChI=1S/C25H23N3O4S/c1-15-12-17(16(2)27(15)18-8-6-5-7-9-18)13-20-23(29)26-25(33)28(24(20)30)21-11-10-19(31-3)14-22(21)32-4/h5-14H,1-4H3,(H,26,29,33)/b20-13-. The van der Waals surface area contributed by atoms with Crippen molar-refractivity contribution in [3.63, 3.8) is 0 Å². The summed E-state index contributed by atoms with van der Waals surface area (Å²) in [5.41, 5.74) is 4.06. The van der Waals surface area contributed by atoms with Crippen molar-refractivity contribution < 1.29 is 19.1 Å². The van der Waals surface area contributed by atoms with E-state index >= 15 is 0 Å². The van der Waals surface area contributed by atoms with Crippen LogP contribution in [0.5, 0.6) is 11.5 Å². The predicted molar refractivity (Wildman–Crippen MR) is 131 cm³/mol. The van der Waals surface area contributed by atoms with E-state index in [9.17, 15) is 9.59 Å². The number of methoxy groups -OCH3 is 2. The van der Waals surface area contributed by atoms with Gasteiger partial charge in [0.2, 0.25) is 0 Å². The van der Waals surface area contributed by atoms with Crippen molar-refractivity contribution in [1.82, 2.24) is 9.88 Å². The summed E-state index contributed by atoms with van der Waals surface area (Å²) in [5.74, 6) is -0.114. The van der Waals surface area contributed by atoms with Gasteiger partial charge in [-0.15, -0.1) is 0 Å². The average Bonchev–Trinajstić information content (AvgIpc) is 3.09. The van der Waals surface area contributed by atoms with Crippen LogP contribution >= 0.6 is 12.2 Å². The molecule has 8 heteroatoms. The third-order valence-corrected chi connectivity index (χ3v) is 5.80. The summed E-state index contributed by atoms with van der Waals surface area (Å²) in [6.07, 6.45) is 1.60. The van der Waals surface area contributed by atoms with E-state index in [2.05, 4.69) is 9.88 Å². The first kappa shape index (κ1) is 22.3. The Hall–Kier alpha value is -3.91. The van der Waals surface area contributed by atoms with Crippen molar-refractivity contribution in [2.75, 3.05) is 19.1 Å². The summed E-state index contributed by atoms with van der Waals surface area (Å²) >= 11 is 5.32. The lowest BCUT2D eigenvalue weighted by Gasteiger charge is -2.30. The fraction of sp³-hybridized carbons (Fsp3) is 0.160. The third kappa shape index (κ3) is 4.01. The van der Waals surface area contributed by atoms with E-state index in [1.54, 1.807) is 24.3 Å². The topological polar surface area (TPSA) is 72.8 Å². The molecule has 4 rings (SSSR count). The molecular formula is C25H23N3O4S. The number of carbonyl (C=O) groups is 2. The zero-order chi connectivity index (χ0) is 23.7. The zero-order valence-corrected chi connectivity index (χ0v) is 19.5. The van der Waals surface area contributed by atoms with E-state index in [-0.39, 0.29) is 10.7 Å². The van der Waals surface area contributed by atoms with Crippen molar-refractivity contribution in [1.29, 1.82) is 0 Å². The molecule has 1 N–H and O–H groups in total. The molecule has 168 valence electrons. The number of amides is 2. The van der Waals surface area contributed by atoms with E-state index in [4.69, 9.17) is 21.7 Å². The highest BCUT2D eigenvalue weighted by Gasteiger charge is 2.36. The van der Waals surface area contributed by atoms with Gasteiger partial charge in [-0.3, -0.25) is 14.9 Å². The summed E-state index contributed by atoms with van der Waals surface area (Å²) in [6.45, 7) is 3.93. The molecule has 2 aromatic carbocycles. The second kappa shape index (κ2) is 8.91. The number of aryl methyl sites for hydroxylation is 1. The molecule has 0 atom stereocenters. The number of rotatable bonds is 5. The number of nitrogens with one attached hydrogen (secondary N) is 1. The molecule has 0 aliphatic carbocycles. The van der Waals surface area contributed by atoms with Gasteiger partial charge in [-0.1, -0.05) is 18.2 Å². The molecule has 33 heavy (non-hydrogen) atoms. The molecule has 0 unspecified atom stereocenters. The maximum atomic E-state index is 13.5. The molecule has 7 nitrogen and oxygen atoms in total. The van der Waals surface area contributed by atoms with E-state index < -0.39 is 11.8 Å². The van der Waals surface area contributed by atoms with Gasteiger partial charge >= 0.3 is 0 Å². The SMILES string of the molecule is COc1ccc(N2C(=O)/C(=C\c3cc(C)n(-c4ccccc4)c3C)C(=O)NC2=S)c(OC)c1. The normalized spacial score (nSPS) is 15.1. The van der Waals surface area contributed by atoms with Gasteiger partial charge in [-0.25, -0.2) is 4.90 Å². The fourth-order valence-corrected chi connectivity index (χ4v) is 4.18. The lowest BCUT2D eigenvalue weighted by molar-refractivity contribution is -0.122. The van der Waals surface area contributed by atoms with Crippen molar-refractivity contribution in [3.8, 4) is 17.2 Å². The first-order valence-electron chi connectivity index (χ1n) is 10.2. The Labute approximate surface area is 197 Å². The van der Waals surface area contributed by atoms with Gasteiger partial charge in [-0.05, 0) is 68.0 Å². The van der Waals surface area contributed by atoms with Crippen LogP contribution in [-0.2, 0) is 9.59 Å². The molecule has 1 fully saturated rings. The quantitative estimate of drug-likeness (QED) is 0.354. The van der Waals surface area contributed by atoms with Gasteiger partial charge in [0.05, 0.1) is 19.9 Å². The van der Waals surface area contributed by atoms with Crippen LogP contribution in [0.15, 0.2) is 60.2 Å². The van der Waals surface area contributed by atoms with Crippen LogP contribution in [0, 0.1) is 13.8 Å². The van der Waals surface area contributed by atoms with Crippen molar-refractivity contribution in [3.05, 3.63) is 77.1 Å². The Bertz CT molecular complexity index is 1290. The number of anilines is 1. The summed E-state index contributed by atoms with van der Waals surface area (Å²) in [4.78, 5) is 27.5. The molecule has 0 spiro atoms. The van der Waals surface area contributed by atoms with Crippen LogP contribution in [-0.4, -0.2) is 35.7 Å². The van der Waals surface area contributed by atoms with E-state index in [1.165, 1.54) is 19.1 Å². The second-order valence-electron chi connectivity index (χ2n) is 7.49. The smallest absolute Gasteiger partial charge is 0.270 e. The fourth-order valence-electron chi connectivity index (χ4n) is 3.91. The lowest BCUT2D eigenvalue weighted by Crippen LogP contribution is -2.54. The molecule has 2 amide bonds. The monoisotopic (exact) mass is 461 g/mol. The maximum absolute atomic E-state index is 13.5. The Morgan fingerprint density at radius 3 is 2.36 bits per heavy atom. The number of hydrogen-bond acceptors (Lipinski definition) is 5. The number of thiocarbonyl (C=S) groups is 1. The summed E-state index contributed by atoms with van der Waals surface area (Å²) < 4.78 is 12.7. The van der Waals surface area contributed by atoms with Crippen LogP contribution in [0.3, 0.4) is 0 Å². The van der Waals surface area contributed by atoms with Crippen LogP contribution in [0.2, 0.25) is 0 Å². The van der Waals surface area contributed by atoms with Gasteiger partial charge in [0.15, 0.2) is 5.11 Å². The minimum atomic E-state index is -0.543. The lowest BCUT2D eigenvalue weighted by atomic mass is 10.1. The van der Waals surface area contributed by atoms with Crippen molar-refractivity contribution >= 4 is 40.9 Å². The zero-order valence-electron chi connectivity index (χ0n) is 18.7. The first-order valence-corrected chi connectivity index (χ1v) is 10.6. The molecule has 1 saturated heterocycles.